The van der Waals surface area contributed by atoms with Gasteiger partial charge in [0, 0.05) is 12.1 Å². The van der Waals surface area contributed by atoms with E-state index in [4.69, 9.17) is 10.8 Å². The third-order valence-electron chi connectivity index (χ3n) is 1.61. The molecular weight excluding hydrogens is 157 g/mol. The standard InChI is InChI=1S/C9H12FNO/c10-8(6-12)4-7-2-1-3-9(11)5-7/h1-3,5,8,12H,4,6,11H2. The highest BCUT2D eigenvalue weighted by atomic mass is 19.1. The van der Waals surface area contributed by atoms with Gasteiger partial charge in [-0.25, -0.2) is 4.39 Å². The van der Waals surface area contributed by atoms with Gasteiger partial charge >= 0.3 is 0 Å². The number of nitrogens with two attached hydrogens (primary N) is 1. The van der Waals surface area contributed by atoms with Crippen molar-refractivity contribution in [3.05, 3.63) is 29.8 Å². The molecule has 0 heterocycles. The molecule has 1 unspecified atom stereocenters. The van der Waals surface area contributed by atoms with Crippen molar-refractivity contribution in [2.45, 2.75) is 12.6 Å². The van der Waals surface area contributed by atoms with Gasteiger partial charge in [0.25, 0.3) is 0 Å². The summed E-state index contributed by atoms with van der Waals surface area (Å²) in [7, 11) is 0. The lowest BCUT2D eigenvalue weighted by molar-refractivity contribution is 0.177. The molecule has 1 atom stereocenters. The molecule has 0 aliphatic carbocycles. The first-order valence-electron chi connectivity index (χ1n) is 3.81. The smallest absolute Gasteiger partial charge is 0.127 e. The Morgan fingerprint density at radius 1 is 1.50 bits per heavy atom. The van der Waals surface area contributed by atoms with Crippen molar-refractivity contribution in [2.75, 3.05) is 12.3 Å². The average molecular weight is 169 g/mol. The summed E-state index contributed by atoms with van der Waals surface area (Å²) in [6, 6.07) is 7.02. The van der Waals surface area contributed by atoms with E-state index < -0.39 is 12.8 Å². The highest BCUT2D eigenvalue weighted by Gasteiger charge is 2.05. The molecule has 3 heteroatoms. The average Bonchev–Trinajstić information content (AvgIpc) is 2.04. The van der Waals surface area contributed by atoms with Crippen LogP contribution >= 0.6 is 0 Å². The van der Waals surface area contributed by atoms with Crippen LogP contribution in [0.15, 0.2) is 24.3 Å². The summed E-state index contributed by atoms with van der Waals surface area (Å²) in [5, 5.41) is 8.46. The Balaban J connectivity index is 2.63. The van der Waals surface area contributed by atoms with E-state index in [1.165, 1.54) is 0 Å². The van der Waals surface area contributed by atoms with Crippen molar-refractivity contribution in [2.24, 2.45) is 0 Å². The quantitative estimate of drug-likeness (QED) is 0.666. The predicted octanol–water partition coefficient (Wildman–Crippen LogP) is 1.14. The normalized spacial score (nSPS) is 12.8. The van der Waals surface area contributed by atoms with Crippen molar-refractivity contribution >= 4 is 5.69 Å². The molecule has 2 nitrogen and oxygen atoms in total. The third-order valence-corrected chi connectivity index (χ3v) is 1.61. The minimum absolute atomic E-state index is 0.224. The van der Waals surface area contributed by atoms with Crippen molar-refractivity contribution in [1.82, 2.24) is 0 Å². The lowest BCUT2D eigenvalue weighted by atomic mass is 10.1. The highest BCUT2D eigenvalue weighted by molar-refractivity contribution is 5.40. The van der Waals surface area contributed by atoms with E-state index in [2.05, 4.69) is 0 Å². The zero-order valence-corrected chi connectivity index (χ0v) is 6.70. The first kappa shape index (κ1) is 9.00. The zero-order valence-electron chi connectivity index (χ0n) is 6.70. The van der Waals surface area contributed by atoms with Crippen LogP contribution in [0.2, 0.25) is 0 Å². The molecule has 0 aromatic heterocycles. The number of hydrogen-bond acceptors (Lipinski definition) is 2. The van der Waals surface area contributed by atoms with Crippen LogP contribution in [0.25, 0.3) is 0 Å². The molecule has 1 rings (SSSR count). The summed E-state index contributed by atoms with van der Waals surface area (Å²) in [5.41, 5.74) is 6.93. The Bertz CT molecular complexity index is 252. The fourth-order valence-corrected chi connectivity index (χ4v) is 1.04. The number of halogens is 1. The summed E-state index contributed by atoms with van der Waals surface area (Å²) in [6.45, 7) is -0.436. The largest absolute Gasteiger partial charge is 0.399 e. The van der Waals surface area contributed by atoms with Crippen LogP contribution in [-0.2, 0) is 6.42 Å². The summed E-state index contributed by atoms with van der Waals surface area (Å²) in [5.74, 6) is 0. The van der Waals surface area contributed by atoms with Crippen LogP contribution in [-0.4, -0.2) is 17.9 Å². The first-order valence-corrected chi connectivity index (χ1v) is 3.81. The van der Waals surface area contributed by atoms with Crippen LogP contribution in [0, 0.1) is 0 Å². The van der Waals surface area contributed by atoms with Crippen LogP contribution in [0.3, 0.4) is 0 Å². The number of nitrogen functional groups attached to an aromatic ring is 1. The van der Waals surface area contributed by atoms with Crippen LogP contribution in [0.5, 0.6) is 0 Å². The van der Waals surface area contributed by atoms with E-state index >= 15 is 0 Å². The van der Waals surface area contributed by atoms with E-state index in [0.717, 1.165) is 5.56 Å². The van der Waals surface area contributed by atoms with Gasteiger partial charge in [-0.3, -0.25) is 0 Å². The van der Waals surface area contributed by atoms with Crippen molar-refractivity contribution in [3.8, 4) is 0 Å². The number of aliphatic hydroxyl groups excluding tert-OH is 1. The molecule has 0 fully saturated rings. The summed E-state index contributed by atoms with van der Waals surface area (Å²) >= 11 is 0. The van der Waals surface area contributed by atoms with Crippen LogP contribution in [0.1, 0.15) is 5.56 Å². The molecule has 12 heavy (non-hydrogen) atoms. The molecule has 0 radical (unpaired) electrons. The Hall–Kier alpha value is -1.09. The number of anilines is 1. The third kappa shape index (κ3) is 2.51. The van der Waals surface area contributed by atoms with Gasteiger partial charge < -0.3 is 10.8 Å². The minimum atomic E-state index is -1.19. The predicted molar refractivity (Wildman–Crippen MR) is 46.5 cm³/mol. The molecule has 0 saturated carbocycles. The summed E-state index contributed by atoms with van der Waals surface area (Å²) in [4.78, 5) is 0. The Morgan fingerprint density at radius 3 is 2.83 bits per heavy atom. The second-order valence-electron chi connectivity index (χ2n) is 2.73. The fourth-order valence-electron chi connectivity index (χ4n) is 1.04. The van der Waals surface area contributed by atoms with Crippen molar-refractivity contribution in [3.63, 3.8) is 0 Å². The number of benzene rings is 1. The highest BCUT2D eigenvalue weighted by Crippen LogP contribution is 2.09. The molecule has 0 aliphatic heterocycles. The van der Waals surface area contributed by atoms with E-state index in [-0.39, 0.29) is 6.42 Å². The first-order chi connectivity index (χ1) is 5.72. The van der Waals surface area contributed by atoms with Gasteiger partial charge in [-0.05, 0) is 17.7 Å². The van der Waals surface area contributed by atoms with Gasteiger partial charge in [0.1, 0.15) is 6.17 Å². The van der Waals surface area contributed by atoms with Gasteiger partial charge in [0.2, 0.25) is 0 Å². The van der Waals surface area contributed by atoms with Crippen LogP contribution in [0.4, 0.5) is 10.1 Å². The molecule has 0 spiro atoms. The van der Waals surface area contributed by atoms with E-state index in [1.54, 1.807) is 24.3 Å². The molecule has 0 saturated heterocycles. The number of hydrogen-bond donors (Lipinski definition) is 2. The summed E-state index contributed by atoms with van der Waals surface area (Å²) < 4.78 is 12.7. The molecule has 0 amide bonds. The maximum atomic E-state index is 12.7. The van der Waals surface area contributed by atoms with E-state index in [9.17, 15) is 4.39 Å². The molecule has 1 aromatic rings. The second-order valence-corrected chi connectivity index (χ2v) is 2.73. The zero-order chi connectivity index (χ0) is 8.97. The lowest BCUT2D eigenvalue weighted by Gasteiger charge is -2.04. The van der Waals surface area contributed by atoms with Gasteiger partial charge in [-0.2, -0.15) is 0 Å². The monoisotopic (exact) mass is 169 g/mol. The van der Waals surface area contributed by atoms with E-state index in [1.807, 2.05) is 0 Å². The minimum Gasteiger partial charge on any atom is -0.399 e. The number of rotatable bonds is 3. The van der Waals surface area contributed by atoms with Gasteiger partial charge in [0.15, 0.2) is 0 Å². The second kappa shape index (κ2) is 4.07. The number of aliphatic hydroxyl groups is 1. The Kier molecular flexibility index (Phi) is 3.05. The van der Waals surface area contributed by atoms with Gasteiger partial charge in [-0.1, -0.05) is 12.1 Å². The molecule has 3 N–H and O–H groups in total. The van der Waals surface area contributed by atoms with Gasteiger partial charge in [-0.15, -0.1) is 0 Å². The summed E-state index contributed by atoms with van der Waals surface area (Å²) in [6.07, 6.45) is -0.964. The Labute approximate surface area is 70.8 Å². The maximum absolute atomic E-state index is 12.7. The van der Waals surface area contributed by atoms with Crippen molar-refractivity contribution in [1.29, 1.82) is 0 Å². The topological polar surface area (TPSA) is 46.2 Å². The molecule has 0 aliphatic rings. The SMILES string of the molecule is Nc1cccc(CC(F)CO)c1. The molecular formula is C9H12FNO. The van der Waals surface area contributed by atoms with Crippen LogP contribution < -0.4 is 5.73 Å². The Morgan fingerprint density at radius 2 is 2.25 bits per heavy atom. The molecule has 0 bridgehead atoms. The number of alkyl halides is 1. The maximum Gasteiger partial charge on any atom is 0.127 e. The molecule has 66 valence electrons. The fraction of sp³-hybridized carbons (Fsp3) is 0.333. The van der Waals surface area contributed by atoms with E-state index in [0.29, 0.717) is 5.69 Å². The van der Waals surface area contributed by atoms with Gasteiger partial charge in [0.05, 0.1) is 6.61 Å². The van der Waals surface area contributed by atoms with Crippen molar-refractivity contribution < 1.29 is 9.50 Å². The molecule has 1 aromatic carbocycles. The lowest BCUT2D eigenvalue weighted by Crippen LogP contribution is -2.09.